The van der Waals surface area contributed by atoms with E-state index in [0.29, 0.717) is 27.9 Å². The molecule has 0 saturated heterocycles. The van der Waals surface area contributed by atoms with Crippen LogP contribution in [0.4, 0.5) is 0 Å². The van der Waals surface area contributed by atoms with Crippen molar-refractivity contribution < 1.29 is 18.3 Å². The molecule has 0 aliphatic rings. The number of para-hydroxylation sites is 1. The molecule has 0 unspecified atom stereocenters. The first-order valence-corrected chi connectivity index (χ1v) is 7.18. The van der Waals surface area contributed by atoms with Crippen molar-refractivity contribution in [1.29, 1.82) is 0 Å². The van der Waals surface area contributed by atoms with Crippen molar-refractivity contribution in [3.8, 4) is 11.5 Å². The van der Waals surface area contributed by atoms with Crippen LogP contribution in [0.25, 0.3) is 32.9 Å². The third-order valence-corrected chi connectivity index (χ3v) is 3.94. The molecule has 6 heteroatoms. The maximum Gasteiger partial charge on any atom is 0.380 e. The highest BCUT2D eigenvalue weighted by Gasteiger charge is 2.18. The molecule has 0 radical (unpaired) electrons. The lowest BCUT2D eigenvalue weighted by Gasteiger charge is -2.09. The minimum atomic E-state index is -0.715. The first-order chi connectivity index (χ1) is 11.6. The maximum absolute atomic E-state index is 12.9. The van der Waals surface area contributed by atoms with E-state index in [9.17, 15) is 9.59 Å². The van der Waals surface area contributed by atoms with Gasteiger partial charge in [-0.15, -0.1) is 0 Å². The Kier molecular flexibility index (Phi) is 3.06. The number of ether oxygens (including phenoxy) is 2. The molecule has 0 spiro atoms. The van der Waals surface area contributed by atoms with Crippen molar-refractivity contribution in [2.45, 2.75) is 0 Å². The first-order valence-electron chi connectivity index (χ1n) is 7.18. The molecule has 0 fully saturated rings. The summed E-state index contributed by atoms with van der Waals surface area (Å²) in [5.41, 5.74) is -0.558. The van der Waals surface area contributed by atoms with Gasteiger partial charge in [0.2, 0.25) is 11.0 Å². The Morgan fingerprint density at radius 2 is 1.54 bits per heavy atom. The van der Waals surface area contributed by atoms with E-state index in [4.69, 9.17) is 18.3 Å². The highest BCUT2D eigenvalue weighted by atomic mass is 16.5. The van der Waals surface area contributed by atoms with Crippen LogP contribution < -0.4 is 20.5 Å². The monoisotopic (exact) mass is 324 g/mol. The van der Waals surface area contributed by atoms with Crippen LogP contribution in [0.1, 0.15) is 0 Å². The molecular weight excluding hydrogens is 312 g/mol. The molecule has 2 heterocycles. The van der Waals surface area contributed by atoms with Crippen LogP contribution in [0.3, 0.4) is 0 Å². The summed E-state index contributed by atoms with van der Waals surface area (Å²) in [4.78, 5) is 25.2. The van der Waals surface area contributed by atoms with Gasteiger partial charge < -0.3 is 18.3 Å². The summed E-state index contributed by atoms with van der Waals surface area (Å²) < 4.78 is 21.4. The van der Waals surface area contributed by atoms with E-state index in [1.54, 1.807) is 30.3 Å². The van der Waals surface area contributed by atoms with Gasteiger partial charge in [-0.05, 0) is 18.2 Å². The van der Waals surface area contributed by atoms with E-state index in [1.807, 2.05) is 0 Å². The average molecular weight is 324 g/mol. The van der Waals surface area contributed by atoms with Crippen LogP contribution in [0, 0.1) is 0 Å². The van der Waals surface area contributed by atoms with Gasteiger partial charge in [0.1, 0.15) is 11.2 Å². The normalized spacial score (nSPS) is 11.2. The van der Waals surface area contributed by atoms with Crippen molar-refractivity contribution in [3.05, 3.63) is 57.0 Å². The molecule has 0 saturated carbocycles. The summed E-state index contributed by atoms with van der Waals surface area (Å²) >= 11 is 0. The fourth-order valence-corrected chi connectivity index (χ4v) is 2.82. The standard InChI is InChI=1S/C18H12O6/c1-21-13-7-10-12(8-14(13)22-2)24-18(20)17-15(10)16(19)9-5-3-4-6-11(9)23-17/h3-8H,1-2H3. The van der Waals surface area contributed by atoms with Crippen LogP contribution in [-0.4, -0.2) is 14.2 Å². The minimum Gasteiger partial charge on any atom is -0.493 e. The molecule has 120 valence electrons. The summed E-state index contributed by atoms with van der Waals surface area (Å²) in [6.07, 6.45) is 0. The Bertz CT molecular complexity index is 1220. The molecule has 0 N–H and O–H groups in total. The fourth-order valence-electron chi connectivity index (χ4n) is 2.82. The van der Waals surface area contributed by atoms with Crippen molar-refractivity contribution >= 4 is 32.9 Å². The van der Waals surface area contributed by atoms with Crippen LogP contribution in [0.2, 0.25) is 0 Å². The molecule has 0 bridgehead atoms. The van der Waals surface area contributed by atoms with E-state index in [2.05, 4.69) is 0 Å². The fraction of sp³-hybridized carbons (Fsp3) is 0.111. The molecular formula is C18H12O6. The van der Waals surface area contributed by atoms with Crippen molar-refractivity contribution in [2.75, 3.05) is 14.2 Å². The Morgan fingerprint density at radius 1 is 0.833 bits per heavy atom. The summed E-state index contributed by atoms with van der Waals surface area (Å²) in [5, 5.41) is 0.995. The van der Waals surface area contributed by atoms with Crippen LogP contribution in [-0.2, 0) is 0 Å². The zero-order valence-corrected chi connectivity index (χ0v) is 12.9. The van der Waals surface area contributed by atoms with Gasteiger partial charge in [0.05, 0.1) is 25.0 Å². The zero-order valence-electron chi connectivity index (χ0n) is 12.9. The number of hydrogen-bond acceptors (Lipinski definition) is 6. The smallest absolute Gasteiger partial charge is 0.380 e. The zero-order chi connectivity index (χ0) is 16.8. The molecule has 6 nitrogen and oxygen atoms in total. The predicted octanol–water partition coefficient (Wildman–Crippen LogP) is 3.07. The summed E-state index contributed by atoms with van der Waals surface area (Å²) in [7, 11) is 2.97. The molecule has 24 heavy (non-hydrogen) atoms. The lowest BCUT2D eigenvalue weighted by Crippen LogP contribution is -2.09. The van der Waals surface area contributed by atoms with Gasteiger partial charge in [-0.3, -0.25) is 4.79 Å². The lowest BCUT2D eigenvalue weighted by molar-refractivity contribution is 0.355. The highest BCUT2D eigenvalue weighted by Crippen LogP contribution is 2.34. The van der Waals surface area contributed by atoms with E-state index < -0.39 is 5.63 Å². The van der Waals surface area contributed by atoms with Gasteiger partial charge in [-0.2, -0.15) is 0 Å². The van der Waals surface area contributed by atoms with E-state index >= 15 is 0 Å². The van der Waals surface area contributed by atoms with Gasteiger partial charge in [-0.1, -0.05) is 12.1 Å². The molecule has 4 aromatic rings. The lowest BCUT2D eigenvalue weighted by atomic mass is 10.1. The second kappa shape index (κ2) is 5.13. The number of hydrogen-bond donors (Lipinski definition) is 0. The van der Waals surface area contributed by atoms with Gasteiger partial charge in [-0.25, -0.2) is 4.79 Å². The quantitative estimate of drug-likeness (QED) is 0.320. The minimum absolute atomic E-state index is 0.113. The number of fused-ring (bicyclic) bond motifs is 4. The Morgan fingerprint density at radius 3 is 2.29 bits per heavy atom. The first kappa shape index (κ1) is 14.3. The molecule has 2 aromatic heterocycles. The molecule has 0 atom stereocenters. The average Bonchev–Trinajstić information content (AvgIpc) is 2.61. The van der Waals surface area contributed by atoms with Crippen LogP contribution in [0.5, 0.6) is 11.5 Å². The van der Waals surface area contributed by atoms with E-state index in [-0.39, 0.29) is 22.0 Å². The van der Waals surface area contributed by atoms with Gasteiger partial charge in [0.25, 0.3) is 0 Å². The van der Waals surface area contributed by atoms with Crippen molar-refractivity contribution in [1.82, 2.24) is 0 Å². The second-order valence-electron chi connectivity index (χ2n) is 5.22. The van der Waals surface area contributed by atoms with Crippen molar-refractivity contribution in [3.63, 3.8) is 0 Å². The maximum atomic E-state index is 12.9. The van der Waals surface area contributed by atoms with Crippen LogP contribution in [0.15, 0.2) is 54.8 Å². The number of rotatable bonds is 2. The van der Waals surface area contributed by atoms with Crippen molar-refractivity contribution in [2.24, 2.45) is 0 Å². The third-order valence-electron chi connectivity index (χ3n) is 3.94. The highest BCUT2D eigenvalue weighted by molar-refractivity contribution is 6.06. The molecule has 0 amide bonds. The van der Waals surface area contributed by atoms with Gasteiger partial charge >= 0.3 is 5.63 Å². The Hall–Kier alpha value is -3.28. The van der Waals surface area contributed by atoms with Gasteiger partial charge in [0, 0.05) is 11.5 Å². The molecule has 0 aliphatic carbocycles. The van der Waals surface area contributed by atoms with E-state index in [1.165, 1.54) is 20.3 Å². The Balaban J connectivity index is 2.30. The largest absolute Gasteiger partial charge is 0.493 e. The topological polar surface area (TPSA) is 78.9 Å². The summed E-state index contributed by atoms with van der Waals surface area (Å²) in [6.45, 7) is 0. The second-order valence-corrected chi connectivity index (χ2v) is 5.22. The molecule has 2 aromatic carbocycles. The number of methoxy groups -OCH3 is 2. The summed E-state index contributed by atoms with van der Waals surface area (Å²) in [6, 6.07) is 9.88. The molecule has 0 aliphatic heterocycles. The Labute approximate surface area is 134 Å². The molecule has 4 rings (SSSR count). The van der Waals surface area contributed by atoms with Crippen LogP contribution >= 0.6 is 0 Å². The number of benzene rings is 2. The third kappa shape index (κ3) is 1.89. The van der Waals surface area contributed by atoms with Gasteiger partial charge in [0.15, 0.2) is 11.5 Å². The van der Waals surface area contributed by atoms with E-state index in [0.717, 1.165) is 0 Å². The predicted molar refractivity (Wildman–Crippen MR) is 89.1 cm³/mol. The summed E-state index contributed by atoms with van der Waals surface area (Å²) in [5.74, 6) is 0.824. The SMILES string of the molecule is COc1cc2oc(=O)c3oc4ccccc4c(=O)c3c2cc1OC.